The molecule has 2 atom stereocenters. The molecule has 3 rings (SSSR count). The minimum Gasteiger partial charge on any atom is -0.497 e. The molecule has 6 heteroatoms. The number of benzene rings is 3. The zero-order valence-corrected chi connectivity index (χ0v) is 22.3. The number of amides is 1. The van der Waals surface area contributed by atoms with Crippen LogP contribution in [0.1, 0.15) is 56.2 Å². The Hall–Kier alpha value is -3.35. The van der Waals surface area contributed by atoms with Crippen molar-refractivity contribution in [3.05, 3.63) is 95.6 Å². The van der Waals surface area contributed by atoms with Gasteiger partial charge in [-0.1, -0.05) is 74.4 Å². The molecule has 0 aliphatic rings. The summed E-state index contributed by atoms with van der Waals surface area (Å²) in [7, 11) is 3.27. The van der Waals surface area contributed by atoms with Crippen LogP contribution >= 0.6 is 0 Å². The summed E-state index contributed by atoms with van der Waals surface area (Å²) in [5, 5.41) is 13.5. The molecular weight excluding hydrogens is 466 g/mol. The van der Waals surface area contributed by atoms with Gasteiger partial charge >= 0.3 is 0 Å². The molecule has 0 aliphatic carbocycles. The van der Waals surface area contributed by atoms with Crippen LogP contribution in [0, 0.1) is 0 Å². The van der Waals surface area contributed by atoms with Gasteiger partial charge in [0.05, 0.1) is 33.0 Å². The van der Waals surface area contributed by atoms with E-state index in [1.807, 2.05) is 78.9 Å². The summed E-state index contributed by atoms with van der Waals surface area (Å²) in [6, 6.07) is 24.9. The van der Waals surface area contributed by atoms with E-state index >= 15 is 0 Å². The predicted octanol–water partition coefficient (Wildman–Crippen LogP) is 5.46. The Bertz CT molecular complexity index is 1030. The third-order valence-electron chi connectivity index (χ3n) is 6.59. The SMILES string of the molecule is CCCCCC(=O)NC(COC(c1ccccc1)(c1ccc(OC)cc1)c1ccc(OC)cc1)C(C)O. The number of hydrogen-bond donors (Lipinski definition) is 2. The van der Waals surface area contributed by atoms with Gasteiger partial charge in [0.2, 0.25) is 5.91 Å². The average Bonchev–Trinajstić information content (AvgIpc) is 2.94. The Labute approximate surface area is 220 Å². The highest BCUT2D eigenvalue weighted by molar-refractivity contribution is 5.76. The second kappa shape index (κ2) is 13.8. The minimum atomic E-state index is -1.01. The van der Waals surface area contributed by atoms with Crippen molar-refractivity contribution in [2.45, 2.75) is 57.3 Å². The Morgan fingerprint density at radius 2 is 1.35 bits per heavy atom. The standard InChI is InChI=1S/C31H39NO5/c1-5-6-8-13-30(34)32-29(23(2)33)22-37-31(24-11-9-7-10-12-24,25-14-18-27(35-3)19-15-25)26-16-20-28(36-4)21-17-26/h7,9-12,14-21,23,29,33H,5-6,8,13,22H2,1-4H3,(H,32,34). The zero-order chi connectivity index (χ0) is 26.7. The zero-order valence-electron chi connectivity index (χ0n) is 22.3. The average molecular weight is 506 g/mol. The van der Waals surface area contributed by atoms with E-state index in [-0.39, 0.29) is 12.5 Å². The Morgan fingerprint density at radius 1 is 0.838 bits per heavy atom. The van der Waals surface area contributed by atoms with E-state index < -0.39 is 17.7 Å². The number of methoxy groups -OCH3 is 2. The normalized spacial score (nSPS) is 13.0. The van der Waals surface area contributed by atoms with Crippen LogP contribution < -0.4 is 14.8 Å². The summed E-state index contributed by atoms with van der Waals surface area (Å²) in [4.78, 5) is 12.6. The summed E-state index contributed by atoms with van der Waals surface area (Å²) in [6.07, 6.45) is 2.49. The number of carbonyl (C=O) groups is 1. The van der Waals surface area contributed by atoms with Gasteiger partial charge in [-0.3, -0.25) is 4.79 Å². The maximum atomic E-state index is 12.6. The molecule has 2 unspecified atom stereocenters. The lowest BCUT2D eigenvalue weighted by atomic mass is 9.80. The molecule has 0 saturated heterocycles. The molecule has 0 aromatic heterocycles. The first-order valence-electron chi connectivity index (χ1n) is 12.9. The molecule has 1 amide bonds. The lowest BCUT2D eigenvalue weighted by molar-refractivity contribution is -0.124. The fourth-order valence-corrected chi connectivity index (χ4v) is 4.41. The highest BCUT2D eigenvalue weighted by Gasteiger charge is 2.39. The number of rotatable bonds is 14. The molecule has 0 saturated carbocycles. The van der Waals surface area contributed by atoms with Crippen LogP contribution in [0.15, 0.2) is 78.9 Å². The highest BCUT2D eigenvalue weighted by Crippen LogP contribution is 2.41. The summed E-state index contributed by atoms with van der Waals surface area (Å²) >= 11 is 0. The fraction of sp³-hybridized carbons (Fsp3) is 0.387. The molecule has 0 aliphatic heterocycles. The van der Waals surface area contributed by atoms with Gasteiger partial charge in [-0.05, 0) is 54.3 Å². The van der Waals surface area contributed by atoms with Crippen LogP contribution in [0.4, 0.5) is 0 Å². The molecule has 0 fully saturated rings. The molecular formula is C31H39NO5. The van der Waals surface area contributed by atoms with Crippen molar-refractivity contribution in [2.75, 3.05) is 20.8 Å². The summed E-state index contributed by atoms with van der Waals surface area (Å²) in [5.74, 6) is 1.39. The molecule has 37 heavy (non-hydrogen) atoms. The fourth-order valence-electron chi connectivity index (χ4n) is 4.41. The molecule has 0 spiro atoms. The number of aliphatic hydroxyl groups is 1. The van der Waals surface area contributed by atoms with E-state index in [9.17, 15) is 9.90 Å². The van der Waals surface area contributed by atoms with Gasteiger partial charge in [-0.15, -0.1) is 0 Å². The van der Waals surface area contributed by atoms with Gasteiger partial charge in [0.25, 0.3) is 0 Å². The first-order valence-corrected chi connectivity index (χ1v) is 12.9. The van der Waals surface area contributed by atoms with Gasteiger partial charge < -0.3 is 24.6 Å². The van der Waals surface area contributed by atoms with Gasteiger partial charge in [-0.25, -0.2) is 0 Å². The van der Waals surface area contributed by atoms with E-state index in [2.05, 4.69) is 12.2 Å². The van der Waals surface area contributed by atoms with Crippen molar-refractivity contribution in [2.24, 2.45) is 0 Å². The van der Waals surface area contributed by atoms with Crippen molar-refractivity contribution in [3.8, 4) is 11.5 Å². The van der Waals surface area contributed by atoms with Gasteiger partial charge in [0.15, 0.2) is 0 Å². The van der Waals surface area contributed by atoms with E-state index in [0.717, 1.165) is 47.5 Å². The molecule has 0 radical (unpaired) electrons. The summed E-state index contributed by atoms with van der Waals surface area (Å²) in [5.41, 5.74) is 1.69. The minimum absolute atomic E-state index is 0.0813. The Balaban J connectivity index is 2.05. The maximum absolute atomic E-state index is 12.6. The van der Waals surface area contributed by atoms with Gasteiger partial charge in [0, 0.05) is 6.42 Å². The monoisotopic (exact) mass is 505 g/mol. The third kappa shape index (κ3) is 7.12. The highest BCUT2D eigenvalue weighted by atomic mass is 16.5. The quantitative estimate of drug-likeness (QED) is 0.225. The maximum Gasteiger partial charge on any atom is 0.220 e. The number of aliphatic hydroxyl groups excluding tert-OH is 1. The number of nitrogens with one attached hydrogen (secondary N) is 1. The van der Waals surface area contributed by atoms with Crippen LogP contribution in [-0.4, -0.2) is 44.0 Å². The first kappa shape index (κ1) is 28.2. The van der Waals surface area contributed by atoms with Crippen molar-refractivity contribution in [3.63, 3.8) is 0 Å². The van der Waals surface area contributed by atoms with Crippen LogP contribution in [0.3, 0.4) is 0 Å². The molecule has 3 aromatic carbocycles. The molecule has 3 aromatic rings. The van der Waals surface area contributed by atoms with Crippen LogP contribution in [0.5, 0.6) is 11.5 Å². The van der Waals surface area contributed by atoms with Crippen molar-refractivity contribution in [1.82, 2.24) is 5.32 Å². The van der Waals surface area contributed by atoms with Crippen LogP contribution in [0.25, 0.3) is 0 Å². The Morgan fingerprint density at radius 3 is 1.81 bits per heavy atom. The molecule has 0 bridgehead atoms. The van der Waals surface area contributed by atoms with E-state index in [1.54, 1.807) is 21.1 Å². The summed E-state index contributed by atoms with van der Waals surface area (Å²) in [6.45, 7) is 3.88. The topological polar surface area (TPSA) is 77.0 Å². The second-order valence-electron chi connectivity index (χ2n) is 9.19. The molecule has 6 nitrogen and oxygen atoms in total. The first-order chi connectivity index (χ1) is 17.9. The molecule has 0 heterocycles. The predicted molar refractivity (Wildman–Crippen MR) is 146 cm³/mol. The number of carbonyl (C=O) groups excluding carboxylic acids is 1. The molecule has 198 valence electrons. The van der Waals surface area contributed by atoms with Crippen molar-refractivity contribution in [1.29, 1.82) is 0 Å². The summed E-state index contributed by atoms with van der Waals surface area (Å²) < 4.78 is 17.6. The van der Waals surface area contributed by atoms with Crippen molar-refractivity contribution >= 4 is 5.91 Å². The van der Waals surface area contributed by atoms with E-state index in [4.69, 9.17) is 14.2 Å². The van der Waals surface area contributed by atoms with Crippen molar-refractivity contribution < 1.29 is 24.1 Å². The largest absolute Gasteiger partial charge is 0.497 e. The van der Waals surface area contributed by atoms with Gasteiger partial charge in [-0.2, -0.15) is 0 Å². The number of ether oxygens (including phenoxy) is 3. The lowest BCUT2D eigenvalue weighted by Gasteiger charge is -2.37. The number of hydrogen-bond acceptors (Lipinski definition) is 5. The smallest absolute Gasteiger partial charge is 0.220 e. The lowest BCUT2D eigenvalue weighted by Crippen LogP contribution is -2.47. The number of unbranched alkanes of at least 4 members (excludes halogenated alkanes) is 2. The van der Waals surface area contributed by atoms with Crippen LogP contribution in [-0.2, 0) is 15.1 Å². The second-order valence-corrected chi connectivity index (χ2v) is 9.19. The van der Waals surface area contributed by atoms with Crippen LogP contribution in [0.2, 0.25) is 0 Å². The Kier molecular flexibility index (Phi) is 10.5. The van der Waals surface area contributed by atoms with E-state index in [1.165, 1.54) is 0 Å². The molecule has 2 N–H and O–H groups in total. The third-order valence-corrected chi connectivity index (χ3v) is 6.59. The van der Waals surface area contributed by atoms with Gasteiger partial charge in [0.1, 0.15) is 17.1 Å². The van der Waals surface area contributed by atoms with E-state index in [0.29, 0.717) is 6.42 Å².